The lowest BCUT2D eigenvalue weighted by atomic mass is 10.1. The summed E-state index contributed by atoms with van der Waals surface area (Å²) >= 11 is 1.77. The summed E-state index contributed by atoms with van der Waals surface area (Å²) < 4.78 is 22.6. The Morgan fingerprint density at radius 2 is 2.11 bits per heavy atom. The quantitative estimate of drug-likeness (QED) is 0.467. The van der Waals surface area contributed by atoms with Crippen LogP contribution in [0.15, 0.2) is 11.2 Å². The van der Waals surface area contributed by atoms with Crippen LogP contribution in [0.2, 0.25) is 0 Å². The molecular formula is C18H33N5O2S2. The van der Waals surface area contributed by atoms with Crippen molar-refractivity contribution in [2.24, 2.45) is 4.99 Å². The summed E-state index contributed by atoms with van der Waals surface area (Å²) in [4.78, 5) is 12.7. The first-order valence-electron chi connectivity index (χ1n) is 9.78. The van der Waals surface area contributed by atoms with Crippen LogP contribution in [0.25, 0.3) is 0 Å². The molecule has 27 heavy (non-hydrogen) atoms. The maximum atomic E-state index is 11.3. The lowest BCUT2D eigenvalue weighted by Crippen LogP contribution is -2.49. The van der Waals surface area contributed by atoms with Gasteiger partial charge in [0.15, 0.2) is 5.96 Å². The van der Waals surface area contributed by atoms with Gasteiger partial charge in [-0.1, -0.05) is 6.92 Å². The van der Waals surface area contributed by atoms with Gasteiger partial charge in [0.1, 0.15) is 9.84 Å². The molecule has 0 unspecified atom stereocenters. The average molecular weight is 416 g/mol. The molecular weight excluding hydrogens is 382 g/mol. The minimum Gasteiger partial charge on any atom is -0.357 e. The molecule has 1 aromatic rings. The molecule has 0 bridgehead atoms. The van der Waals surface area contributed by atoms with Crippen LogP contribution in [0.4, 0.5) is 0 Å². The van der Waals surface area contributed by atoms with Gasteiger partial charge in [-0.05, 0) is 26.2 Å². The predicted octanol–water partition coefficient (Wildman–Crippen LogP) is 1.31. The average Bonchev–Trinajstić information content (AvgIpc) is 3.08. The molecule has 2 rings (SSSR count). The number of likely N-dealkylation sites (tertiary alicyclic amines) is 1. The van der Waals surface area contributed by atoms with E-state index < -0.39 is 9.84 Å². The van der Waals surface area contributed by atoms with Crippen LogP contribution in [-0.4, -0.2) is 75.0 Å². The Balaban J connectivity index is 1.76. The Bertz CT molecular complexity index is 694. The van der Waals surface area contributed by atoms with E-state index in [1.54, 1.807) is 11.3 Å². The molecule has 1 saturated heterocycles. The van der Waals surface area contributed by atoms with Gasteiger partial charge in [0, 0.05) is 62.5 Å². The van der Waals surface area contributed by atoms with Crippen molar-refractivity contribution in [2.75, 3.05) is 44.7 Å². The number of thiazole rings is 1. The van der Waals surface area contributed by atoms with Crippen LogP contribution in [-0.2, 0) is 22.7 Å². The van der Waals surface area contributed by atoms with Gasteiger partial charge in [-0.15, -0.1) is 11.3 Å². The SMILES string of the molecule is CCNC(=NCCc1ncc(CC)s1)NC1CCN(CCS(C)(=O)=O)CC1. The second-order valence-electron chi connectivity index (χ2n) is 6.97. The highest BCUT2D eigenvalue weighted by atomic mass is 32.2. The van der Waals surface area contributed by atoms with Crippen LogP contribution < -0.4 is 10.6 Å². The Morgan fingerprint density at radius 1 is 1.37 bits per heavy atom. The van der Waals surface area contributed by atoms with Crippen LogP contribution >= 0.6 is 11.3 Å². The second-order valence-corrected chi connectivity index (χ2v) is 10.4. The Kier molecular flexibility index (Phi) is 8.98. The van der Waals surface area contributed by atoms with E-state index >= 15 is 0 Å². The van der Waals surface area contributed by atoms with Crippen molar-refractivity contribution < 1.29 is 8.42 Å². The zero-order chi connectivity index (χ0) is 19.7. The van der Waals surface area contributed by atoms with E-state index in [1.807, 2.05) is 6.20 Å². The fourth-order valence-corrected chi connectivity index (χ4v) is 4.44. The van der Waals surface area contributed by atoms with Crippen LogP contribution in [0.5, 0.6) is 0 Å². The topological polar surface area (TPSA) is 86.7 Å². The zero-order valence-corrected chi connectivity index (χ0v) is 18.3. The van der Waals surface area contributed by atoms with Crippen LogP contribution in [0, 0.1) is 0 Å². The number of rotatable bonds is 9. The molecule has 7 nitrogen and oxygen atoms in total. The summed E-state index contributed by atoms with van der Waals surface area (Å²) in [5.41, 5.74) is 0. The highest BCUT2D eigenvalue weighted by Crippen LogP contribution is 2.14. The summed E-state index contributed by atoms with van der Waals surface area (Å²) in [6.45, 7) is 8.24. The van der Waals surface area contributed by atoms with Crippen molar-refractivity contribution >= 4 is 27.1 Å². The Morgan fingerprint density at radius 3 is 2.70 bits per heavy atom. The summed E-state index contributed by atoms with van der Waals surface area (Å²) in [5, 5.41) is 7.99. The van der Waals surface area contributed by atoms with E-state index in [0.29, 0.717) is 12.6 Å². The lowest BCUT2D eigenvalue weighted by Gasteiger charge is -2.32. The molecule has 2 heterocycles. The normalized spacial score (nSPS) is 17.2. The molecule has 0 aromatic carbocycles. The van der Waals surface area contributed by atoms with Gasteiger partial charge in [0.25, 0.3) is 0 Å². The van der Waals surface area contributed by atoms with Crippen molar-refractivity contribution in [3.05, 3.63) is 16.1 Å². The Hall–Kier alpha value is -1.19. The smallest absolute Gasteiger partial charge is 0.191 e. The Labute approximate surface area is 167 Å². The van der Waals surface area contributed by atoms with Crippen molar-refractivity contribution in [2.45, 2.75) is 45.6 Å². The number of piperidine rings is 1. The van der Waals surface area contributed by atoms with E-state index in [9.17, 15) is 8.42 Å². The number of nitrogens with one attached hydrogen (secondary N) is 2. The minimum absolute atomic E-state index is 0.242. The number of nitrogens with zero attached hydrogens (tertiary/aromatic N) is 3. The summed E-state index contributed by atoms with van der Waals surface area (Å²) in [7, 11) is -2.89. The third-order valence-corrected chi connectivity index (χ3v) is 6.72. The fraction of sp³-hybridized carbons (Fsp3) is 0.778. The van der Waals surface area contributed by atoms with Crippen molar-refractivity contribution in [1.29, 1.82) is 0 Å². The first-order valence-corrected chi connectivity index (χ1v) is 12.7. The standard InChI is InChI=1S/C18H33N5O2S2/c1-4-16-14-21-17(26-16)6-9-20-18(19-5-2)22-15-7-10-23(11-8-15)12-13-27(3,24)25/h14-15H,4-13H2,1-3H3,(H2,19,20,22). The summed E-state index contributed by atoms with van der Waals surface area (Å²) in [5.74, 6) is 1.10. The van der Waals surface area contributed by atoms with E-state index in [-0.39, 0.29) is 5.75 Å². The first kappa shape index (κ1) is 22.1. The maximum Gasteiger partial charge on any atom is 0.191 e. The molecule has 154 valence electrons. The molecule has 1 aliphatic rings. The lowest BCUT2D eigenvalue weighted by molar-refractivity contribution is 0.216. The monoisotopic (exact) mass is 415 g/mol. The summed E-state index contributed by atoms with van der Waals surface area (Å²) in [6, 6.07) is 0.379. The first-order chi connectivity index (χ1) is 12.9. The molecule has 1 fully saturated rings. The van der Waals surface area contributed by atoms with Crippen LogP contribution in [0.3, 0.4) is 0 Å². The van der Waals surface area contributed by atoms with Gasteiger partial charge in [0.2, 0.25) is 0 Å². The molecule has 2 N–H and O–H groups in total. The highest BCUT2D eigenvalue weighted by molar-refractivity contribution is 7.90. The van der Waals surface area contributed by atoms with E-state index in [1.165, 1.54) is 11.1 Å². The molecule has 9 heteroatoms. The van der Waals surface area contributed by atoms with Crippen molar-refractivity contribution in [1.82, 2.24) is 20.5 Å². The number of hydrogen-bond donors (Lipinski definition) is 2. The molecule has 0 radical (unpaired) electrons. The van der Waals surface area contributed by atoms with Gasteiger partial charge < -0.3 is 15.5 Å². The second kappa shape index (κ2) is 11.0. The van der Waals surface area contributed by atoms with Crippen LogP contribution in [0.1, 0.15) is 36.6 Å². The van der Waals surface area contributed by atoms with E-state index in [2.05, 4.69) is 34.4 Å². The van der Waals surface area contributed by atoms with Gasteiger partial charge in [-0.2, -0.15) is 0 Å². The number of aliphatic imine (C=N–C) groups is 1. The molecule has 0 spiro atoms. The third-order valence-electron chi connectivity index (χ3n) is 4.60. The van der Waals surface area contributed by atoms with Crippen molar-refractivity contribution in [3.8, 4) is 0 Å². The third kappa shape index (κ3) is 8.57. The number of sulfone groups is 1. The zero-order valence-electron chi connectivity index (χ0n) is 16.7. The van der Waals surface area contributed by atoms with Gasteiger partial charge in [0.05, 0.1) is 10.8 Å². The molecule has 1 aromatic heterocycles. The predicted molar refractivity (Wildman–Crippen MR) is 113 cm³/mol. The summed E-state index contributed by atoms with van der Waals surface area (Å²) in [6.07, 6.45) is 7.17. The number of guanidine groups is 1. The van der Waals surface area contributed by atoms with E-state index in [4.69, 9.17) is 4.99 Å². The largest absolute Gasteiger partial charge is 0.357 e. The van der Waals surface area contributed by atoms with E-state index in [0.717, 1.165) is 62.8 Å². The fourth-order valence-electron chi connectivity index (χ4n) is 3.00. The number of aryl methyl sites for hydroxylation is 1. The molecule has 0 aliphatic carbocycles. The molecule has 0 atom stereocenters. The molecule has 0 saturated carbocycles. The number of hydrogen-bond acceptors (Lipinski definition) is 6. The molecule has 1 aliphatic heterocycles. The van der Waals surface area contributed by atoms with Gasteiger partial charge in [-0.3, -0.25) is 4.99 Å². The molecule has 0 amide bonds. The minimum atomic E-state index is -2.89. The van der Waals surface area contributed by atoms with Crippen molar-refractivity contribution in [3.63, 3.8) is 0 Å². The maximum absolute atomic E-state index is 11.3. The highest BCUT2D eigenvalue weighted by Gasteiger charge is 2.20. The number of aromatic nitrogens is 1. The van der Waals surface area contributed by atoms with Gasteiger partial charge >= 0.3 is 0 Å². The van der Waals surface area contributed by atoms with Gasteiger partial charge in [-0.25, -0.2) is 13.4 Å².